The van der Waals surface area contributed by atoms with Gasteiger partial charge in [0, 0.05) is 18.7 Å². The van der Waals surface area contributed by atoms with Crippen LogP contribution in [0.2, 0.25) is 0 Å². The molecule has 3 nitrogen and oxygen atoms in total. The summed E-state index contributed by atoms with van der Waals surface area (Å²) in [6.45, 7) is 3.16. The number of phenolic OH excluding ortho intramolecular Hbond substituents is 1. The SMILES string of the molecule is Cc1ccc(C(=O)N2CCC(CCc3ccc(O)cc3)CC2)cc1F. The van der Waals surface area contributed by atoms with Crippen LogP contribution >= 0.6 is 0 Å². The second kappa shape index (κ2) is 7.68. The number of amides is 1. The number of hydrogen-bond donors (Lipinski definition) is 1. The molecule has 0 unspecified atom stereocenters. The number of carbonyl (C=O) groups excluding carboxylic acids is 1. The molecule has 0 aliphatic carbocycles. The van der Waals surface area contributed by atoms with E-state index in [9.17, 15) is 14.3 Å². The van der Waals surface area contributed by atoms with Gasteiger partial charge in [0.15, 0.2) is 0 Å². The highest BCUT2D eigenvalue weighted by molar-refractivity contribution is 5.94. The average molecular weight is 341 g/mol. The molecule has 0 aromatic heterocycles. The molecular formula is C21H24FNO2. The van der Waals surface area contributed by atoms with Crippen molar-refractivity contribution in [1.82, 2.24) is 4.90 Å². The Morgan fingerprint density at radius 1 is 1.16 bits per heavy atom. The molecule has 0 bridgehead atoms. The molecule has 1 aliphatic rings. The van der Waals surface area contributed by atoms with Crippen molar-refractivity contribution in [2.75, 3.05) is 13.1 Å². The number of halogens is 1. The molecule has 25 heavy (non-hydrogen) atoms. The molecule has 132 valence electrons. The van der Waals surface area contributed by atoms with E-state index in [1.165, 1.54) is 11.6 Å². The summed E-state index contributed by atoms with van der Waals surface area (Å²) in [5, 5.41) is 9.32. The average Bonchev–Trinajstić information content (AvgIpc) is 2.63. The summed E-state index contributed by atoms with van der Waals surface area (Å²) in [7, 11) is 0. The minimum atomic E-state index is -0.324. The Balaban J connectivity index is 1.50. The van der Waals surface area contributed by atoms with Crippen molar-refractivity contribution < 1.29 is 14.3 Å². The summed E-state index contributed by atoms with van der Waals surface area (Å²) < 4.78 is 13.7. The number of nitrogens with zero attached hydrogens (tertiary/aromatic N) is 1. The smallest absolute Gasteiger partial charge is 0.253 e. The molecule has 2 aromatic carbocycles. The summed E-state index contributed by atoms with van der Waals surface area (Å²) in [4.78, 5) is 14.4. The fourth-order valence-corrected chi connectivity index (χ4v) is 3.37. The summed E-state index contributed by atoms with van der Waals surface area (Å²) in [6, 6.07) is 12.1. The number of aryl methyl sites for hydroxylation is 2. The van der Waals surface area contributed by atoms with Gasteiger partial charge in [-0.05, 0) is 73.9 Å². The zero-order valence-electron chi connectivity index (χ0n) is 14.5. The summed E-state index contributed by atoms with van der Waals surface area (Å²) in [6.07, 6.45) is 4.05. The number of carbonyl (C=O) groups is 1. The van der Waals surface area contributed by atoms with E-state index in [2.05, 4.69) is 0 Å². The van der Waals surface area contributed by atoms with Crippen molar-refractivity contribution in [2.45, 2.75) is 32.6 Å². The molecule has 0 spiro atoms. The van der Waals surface area contributed by atoms with Gasteiger partial charge in [0.05, 0.1) is 0 Å². The van der Waals surface area contributed by atoms with E-state index in [4.69, 9.17) is 0 Å². The van der Waals surface area contributed by atoms with Crippen molar-refractivity contribution in [3.8, 4) is 5.75 Å². The standard InChI is InChI=1S/C21H24FNO2/c1-15-2-7-18(14-20(15)22)21(25)23-12-10-17(11-13-23)4-3-16-5-8-19(24)9-6-16/h2,5-9,14,17,24H,3-4,10-13H2,1H3. The third kappa shape index (κ3) is 4.38. The van der Waals surface area contributed by atoms with Gasteiger partial charge in [-0.25, -0.2) is 4.39 Å². The van der Waals surface area contributed by atoms with E-state index in [-0.39, 0.29) is 11.7 Å². The second-order valence-electron chi connectivity index (χ2n) is 6.90. The number of aromatic hydroxyl groups is 1. The topological polar surface area (TPSA) is 40.5 Å². The van der Waals surface area contributed by atoms with E-state index in [0.29, 0.717) is 22.8 Å². The van der Waals surface area contributed by atoms with Crippen LogP contribution in [0.3, 0.4) is 0 Å². The molecule has 1 amide bonds. The van der Waals surface area contributed by atoms with Crippen molar-refractivity contribution in [1.29, 1.82) is 0 Å². The maximum absolute atomic E-state index is 13.7. The maximum Gasteiger partial charge on any atom is 0.253 e. The Hall–Kier alpha value is -2.36. The molecule has 3 rings (SSSR count). The Labute approximate surface area is 148 Å². The van der Waals surface area contributed by atoms with Crippen LogP contribution in [0.4, 0.5) is 4.39 Å². The van der Waals surface area contributed by atoms with Gasteiger partial charge in [-0.1, -0.05) is 18.2 Å². The molecule has 4 heteroatoms. The van der Waals surface area contributed by atoms with E-state index in [1.807, 2.05) is 17.0 Å². The summed E-state index contributed by atoms with van der Waals surface area (Å²) >= 11 is 0. The molecule has 0 atom stereocenters. The van der Waals surface area contributed by atoms with Crippen molar-refractivity contribution in [2.24, 2.45) is 5.92 Å². The Morgan fingerprint density at radius 3 is 2.48 bits per heavy atom. The van der Waals surface area contributed by atoms with Crippen LogP contribution in [-0.2, 0) is 6.42 Å². The maximum atomic E-state index is 13.7. The number of piperidine rings is 1. The van der Waals surface area contributed by atoms with Crippen LogP contribution in [0.25, 0.3) is 0 Å². The third-order valence-electron chi connectivity index (χ3n) is 5.10. The molecule has 0 saturated carbocycles. The lowest BCUT2D eigenvalue weighted by molar-refractivity contribution is 0.0686. The molecule has 1 saturated heterocycles. The first kappa shape index (κ1) is 17.5. The molecular weight excluding hydrogens is 317 g/mol. The monoisotopic (exact) mass is 341 g/mol. The van der Waals surface area contributed by atoms with Gasteiger partial charge < -0.3 is 10.0 Å². The van der Waals surface area contributed by atoms with Crippen molar-refractivity contribution in [3.05, 3.63) is 65.0 Å². The van der Waals surface area contributed by atoms with Crippen LogP contribution in [0.1, 0.15) is 40.7 Å². The van der Waals surface area contributed by atoms with Gasteiger partial charge >= 0.3 is 0 Å². The van der Waals surface area contributed by atoms with Gasteiger partial charge in [-0.3, -0.25) is 4.79 Å². The predicted molar refractivity (Wildman–Crippen MR) is 96.2 cm³/mol. The van der Waals surface area contributed by atoms with E-state index >= 15 is 0 Å². The van der Waals surface area contributed by atoms with Crippen LogP contribution in [0, 0.1) is 18.7 Å². The first-order chi connectivity index (χ1) is 12.0. The quantitative estimate of drug-likeness (QED) is 0.899. The fourth-order valence-electron chi connectivity index (χ4n) is 3.37. The third-order valence-corrected chi connectivity index (χ3v) is 5.10. The molecule has 0 radical (unpaired) electrons. The zero-order valence-corrected chi connectivity index (χ0v) is 14.5. The Morgan fingerprint density at radius 2 is 1.84 bits per heavy atom. The number of likely N-dealkylation sites (tertiary alicyclic amines) is 1. The van der Waals surface area contributed by atoms with E-state index < -0.39 is 0 Å². The zero-order chi connectivity index (χ0) is 17.8. The largest absolute Gasteiger partial charge is 0.508 e. The van der Waals surface area contributed by atoms with E-state index in [0.717, 1.165) is 38.8 Å². The molecule has 2 aromatic rings. The number of hydrogen-bond acceptors (Lipinski definition) is 2. The van der Waals surface area contributed by atoms with Crippen LogP contribution < -0.4 is 0 Å². The second-order valence-corrected chi connectivity index (χ2v) is 6.90. The summed E-state index contributed by atoms with van der Waals surface area (Å²) in [5.74, 6) is 0.501. The van der Waals surface area contributed by atoms with Gasteiger partial charge in [-0.15, -0.1) is 0 Å². The highest BCUT2D eigenvalue weighted by Crippen LogP contribution is 2.24. The minimum Gasteiger partial charge on any atom is -0.508 e. The number of benzene rings is 2. The minimum absolute atomic E-state index is 0.0733. The molecule has 1 heterocycles. The number of rotatable bonds is 4. The lowest BCUT2D eigenvalue weighted by Gasteiger charge is -2.32. The highest BCUT2D eigenvalue weighted by Gasteiger charge is 2.23. The summed E-state index contributed by atoms with van der Waals surface area (Å²) in [5.41, 5.74) is 2.22. The first-order valence-electron chi connectivity index (χ1n) is 8.86. The normalized spacial score (nSPS) is 15.4. The van der Waals surface area contributed by atoms with Gasteiger partial charge in [0.2, 0.25) is 0 Å². The van der Waals surface area contributed by atoms with Crippen LogP contribution in [0.5, 0.6) is 5.75 Å². The Bertz CT molecular complexity index is 734. The van der Waals surface area contributed by atoms with Gasteiger partial charge in [0.1, 0.15) is 11.6 Å². The lowest BCUT2D eigenvalue weighted by atomic mass is 9.90. The first-order valence-corrected chi connectivity index (χ1v) is 8.86. The lowest BCUT2D eigenvalue weighted by Crippen LogP contribution is -2.38. The van der Waals surface area contributed by atoms with Crippen LogP contribution in [-0.4, -0.2) is 29.0 Å². The van der Waals surface area contributed by atoms with Gasteiger partial charge in [0.25, 0.3) is 5.91 Å². The van der Waals surface area contributed by atoms with Crippen molar-refractivity contribution >= 4 is 5.91 Å². The number of phenols is 1. The highest BCUT2D eigenvalue weighted by atomic mass is 19.1. The van der Waals surface area contributed by atoms with Crippen LogP contribution in [0.15, 0.2) is 42.5 Å². The molecule has 1 aliphatic heterocycles. The molecule has 1 fully saturated rings. The molecule has 1 N–H and O–H groups in total. The predicted octanol–water partition coefficient (Wildman–Crippen LogP) is 4.32. The van der Waals surface area contributed by atoms with Gasteiger partial charge in [-0.2, -0.15) is 0 Å². The van der Waals surface area contributed by atoms with E-state index in [1.54, 1.807) is 31.2 Å². The van der Waals surface area contributed by atoms with Crippen molar-refractivity contribution in [3.63, 3.8) is 0 Å². The Kier molecular flexibility index (Phi) is 5.37. The fraction of sp³-hybridized carbons (Fsp3) is 0.381.